The van der Waals surface area contributed by atoms with Gasteiger partial charge in [0.2, 0.25) is 0 Å². The van der Waals surface area contributed by atoms with E-state index in [0.717, 1.165) is 74.2 Å². The Balaban J connectivity index is 1.21. The largest absolute Gasteiger partial charge is 0.384 e. The number of aromatic nitrogens is 1. The summed E-state index contributed by atoms with van der Waals surface area (Å²) in [6, 6.07) is 12.1. The number of nitriles is 1. The number of rotatable bonds is 8. The van der Waals surface area contributed by atoms with Crippen LogP contribution in [0.4, 0.5) is 10.1 Å². The molecule has 3 aromatic rings. The normalized spacial score (nSPS) is 15.1. The van der Waals surface area contributed by atoms with Gasteiger partial charge < -0.3 is 20.1 Å². The topological polar surface area (TPSA) is 88.9 Å². The smallest absolute Gasteiger partial charge is 0.170 e. The molecule has 0 unspecified atom stereocenters. The monoisotopic (exact) mass is 419 g/mol. The quantitative estimate of drug-likeness (QED) is 0.400. The van der Waals surface area contributed by atoms with Crippen LogP contribution in [0.2, 0.25) is 0 Å². The van der Waals surface area contributed by atoms with Crippen LogP contribution in [-0.2, 0) is 0 Å². The number of fused-ring (bicyclic) bond motifs is 1. The fourth-order valence-electron chi connectivity index (χ4n) is 4.24. The molecule has 1 saturated heterocycles. The van der Waals surface area contributed by atoms with Gasteiger partial charge in [-0.2, -0.15) is 5.26 Å². The number of unbranched alkanes of at least 4 members (excludes halogenated alkanes) is 1. The molecule has 31 heavy (non-hydrogen) atoms. The van der Waals surface area contributed by atoms with Crippen LogP contribution in [0.5, 0.6) is 0 Å². The molecule has 2 heterocycles. The Morgan fingerprint density at radius 3 is 2.84 bits per heavy atom. The number of anilines is 1. The Kier molecular flexibility index (Phi) is 6.58. The third kappa shape index (κ3) is 4.92. The van der Waals surface area contributed by atoms with Gasteiger partial charge in [-0.1, -0.05) is 11.2 Å². The minimum atomic E-state index is -0.300. The minimum Gasteiger partial charge on any atom is -0.384 e. The molecule has 0 bridgehead atoms. The van der Waals surface area contributed by atoms with Gasteiger partial charge in [-0.05, 0) is 69.6 Å². The molecule has 6 nitrogen and oxygen atoms in total. The van der Waals surface area contributed by atoms with Crippen LogP contribution >= 0.6 is 0 Å². The zero-order chi connectivity index (χ0) is 21.6. The summed E-state index contributed by atoms with van der Waals surface area (Å²) in [6.45, 7) is 3.91. The average Bonchev–Trinajstić information content (AvgIpc) is 3.22. The second-order valence-corrected chi connectivity index (χ2v) is 8.02. The summed E-state index contributed by atoms with van der Waals surface area (Å²) in [7, 11) is 0. The lowest BCUT2D eigenvalue weighted by Gasteiger charge is -2.31. The first-order valence-electron chi connectivity index (χ1n) is 10.7. The number of nitrogens with zero attached hydrogens (tertiary/aromatic N) is 3. The number of benzene rings is 2. The number of hydrogen-bond acceptors (Lipinski definition) is 6. The molecule has 2 N–H and O–H groups in total. The van der Waals surface area contributed by atoms with Crippen molar-refractivity contribution >= 4 is 22.9 Å². The third-order valence-corrected chi connectivity index (χ3v) is 5.99. The highest BCUT2D eigenvalue weighted by Gasteiger charge is 2.24. The van der Waals surface area contributed by atoms with Gasteiger partial charge in [0.1, 0.15) is 5.82 Å². The summed E-state index contributed by atoms with van der Waals surface area (Å²) >= 11 is 0. The maximum atomic E-state index is 13.4. The van der Waals surface area contributed by atoms with Crippen LogP contribution < -0.4 is 5.32 Å². The van der Waals surface area contributed by atoms with E-state index in [1.807, 2.05) is 0 Å². The van der Waals surface area contributed by atoms with Crippen LogP contribution in [0.25, 0.3) is 11.0 Å². The van der Waals surface area contributed by atoms with Crippen LogP contribution in [0, 0.1) is 22.6 Å². The molecule has 0 saturated carbocycles. The van der Waals surface area contributed by atoms with E-state index in [0.29, 0.717) is 17.1 Å². The van der Waals surface area contributed by atoms with Crippen LogP contribution in [0.15, 0.2) is 40.9 Å². The van der Waals surface area contributed by atoms with E-state index in [2.05, 4.69) is 21.4 Å². The predicted molar refractivity (Wildman–Crippen MR) is 119 cm³/mol. The second kappa shape index (κ2) is 9.71. The SMILES string of the molecule is N#Cc1ccc(C=N)c(NCCCCN2CCC(c3noc4cc(F)ccc34)CC2)c1. The van der Waals surface area contributed by atoms with Crippen LogP contribution in [-0.4, -0.2) is 42.5 Å². The lowest BCUT2D eigenvalue weighted by molar-refractivity contribution is 0.206. The summed E-state index contributed by atoms with van der Waals surface area (Å²) in [5.74, 6) is 0.0582. The average molecular weight is 420 g/mol. The number of likely N-dealkylation sites (tertiary alicyclic amines) is 1. The molecular weight excluding hydrogens is 393 g/mol. The Morgan fingerprint density at radius 2 is 2.06 bits per heavy atom. The summed E-state index contributed by atoms with van der Waals surface area (Å²) in [5, 5.41) is 25.1. The zero-order valence-corrected chi connectivity index (χ0v) is 17.4. The maximum Gasteiger partial charge on any atom is 0.170 e. The van der Waals surface area contributed by atoms with E-state index in [1.54, 1.807) is 24.3 Å². The van der Waals surface area contributed by atoms with E-state index in [9.17, 15) is 4.39 Å². The second-order valence-electron chi connectivity index (χ2n) is 8.02. The molecule has 1 aromatic heterocycles. The summed E-state index contributed by atoms with van der Waals surface area (Å²) in [5.41, 5.74) is 3.72. The predicted octanol–water partition coefficient (Wildman–Crippen LogP) is 4.91. The summed E-state index contributed by atoms with van der Waals surface area (Å²) < 4.78 is 18.7. The van der Waals surface area contributed by atoms with Crippen molar-refractivity contribution in [3.8, 4) is 6.07 Å². The van der Waals surface area contributed by atoms with Crippen molar-refractivity contribution < 1.29 is 8.91 Å². The van der Waals surface area contributed by atoms with Gasteiger partial charge >= 0.3 is 0 Å². The third-order valence-electron chi connectivity index (χ3n) is 5.99. The Morgan fingerprint density at radius 1 is 1.23 bits per heavy atom. The zero-order valence-electron chi connectivity index (χ0n) is 17.4. The van der Waals surface area contributed by atoms with E-state index in [4.69, 9.17) is 15.2 Å². The summed E-state index contributed by atoms with van der Waals surface area (Å²) in [6.07, 6.45) is 5.47. The highest BCUT2D eigenvalue weighted by molar-refractivity contribution is 5.86. The fourth-order valence-corrected chi connectivity index (χ4v) is 4.24. The fraction of sp³-hybridized carbons (Fsp3) is 0.375. The molecule has 4 rings (SSSR count). The van der Waals surface area contributed by atoms with E-state index in [1.165, 1.54) is 18.3 Å². The molecule has 0 atom stereocenters. The lowest BCUT2D eigenvalue weighted by Crippen LogP contribution is -2.34. The molecule has 0 aliphatic carbocycles. The van der Waals surface area contributed by atoms with Crippen molar-refractivity contribution in [2.75, 3.05) is 31.5 Å². The van der Waals surface area contributed by atoms with Crippen molar-refractivity contribution in [2.45, 2.75) is 31.6 Å². The lowest BCUT2D eigenvalue weighted by atomic mass is 9.91. The van der Waals surface area contributed by atoms with Gasteiger partial charge in [0.05, 0.1) is 17.3 Å². The molecular formula is C24H26FN5O. The number of piperidine rings is 1. The summed E-state index contributed by atoms with van der Waals surface area (Å²) in [4.78, 5) is 2.48. The van der Waals surface area contributed by atoms with Crippen molar-refractivity contribution in [2.24, 2.45) is 0 Å². The minimum absolute atomic E-state index is 0.300. The van der Waals surface area contributed by atoms with Crippen molar-refractivity contribution in [3.63, 3.8) is 0 Å². The molecule has 0 radical (unpaired) electrons. The molecule has 0 spiro atoms. The Hall–Kier alpha value is -3.24. The molecule has 1 fully saturated rings. The van der Waals surface area contributed by atoms with Gasteiger partial charge in [0.15, 0.2) is 5.58 Å². The number of nitrogens with one attached hydrogen (secondary N) is 2. The van der Waals surface area contributed by atoms with Gasteiger partial charge in [0, 0.05) is 41.4 Å². The number of halogens is 1. The molecule has 1 aliphatic heterocycles. The van der Waals surface area contributed by atoms with Gasteiger partial charge in [-0.3, -0.25) is 0 Å². The van der Waals surface area contributed by atoms with Crippen molar-refractivity contribution in [1.29, 1.82) is 10.7 Å². The Labute approximate surface area is 181 Å². The molecule has 0 amide bonds. The Bertz CT molecular complexity index is 1100. The highest BCUT2D eigenvalue weighted by atomic mass is 19.1. The first-order chi connectivity index (χ1) is 15.2. The van der Waals surface area contributed by atoms with Gasteiger partial charge in [-0.15, -0.1) is 0 Å². The van der Waals surface area contributed by atoms with E-state index in [-0.39, 0.29) is 5.82 Å². The van der Waals surface area contributed by atoms with E-state index >= 15 is 0 Å². The number of hydrogen-bond donors (Lipinski definition) is 2. The molecule has 160 valence electrons. The van der Waals surface area contributed by atoms with Crippen LogP contribution in [0.3, 0.4) is 0 Å². The standard InChI is InChI=1S/C24H26FN5O/c25-20-5-6-21-23(14-20)31-29-24(21)18-7-11-30(12-8-18)10-2-1-9-28-22-13-17(15-26)3-4-19(22)16-27/h3-6,13-14,16,18,27-28H,1-2,7-12H2. The molecule has 7 heteroatoms. The van der Waals surface area contributed by atoms with Gasteiger partial charge in [0.25, 0.3) is 0 Å². The van der Waals surface area contributed by atoms with Crippen molar-refractivity contribution in [3.05, 3.63) is 59.0 Å². The van der Waals surface area contributed by atoms with E-state index < -0.39 is 0 Å². The maximum absolute atomic E-state index is 13.4. The van der Waals surface area contributed by atoms with Gasteiger partial charge in [-0.25, -0.2) is 4.39 Å². The first kappa shape index (κ1) is 21.0. The molecule has 1 aliphatic rings. The first-order valence-corrected chi connectivity index (χ1v) is 10.7. The van der Waals surface area contributed by atoms with Crippen LogP contribution in [0.1, 0.15) is 48.4 Å². The highest BCUT2D eigenvalue weighted by Crippen LogP contribution is 2.32. The van der Waals surface area contributed by atoms with Crippen molar-refractivity contribution in [1.82, 2.24) is 10.1 Å². The molecule has 2 aromatic carbocycles.